The molecule has 30 heavy (non-hydrogen) atoms. The Morgan fingerprint density at radius 1 is 0.700 bits per heavy atom. The molecule has 0 aromatic heterocycles. The van der Waals surface area contributed by atoms with Crippen LogP contribution in [-0.2, 0) is 20.0 Å². The first kappa shape index (κ1) is 22.4. The molecule has 0 saturated carbocycles. The second kappa shape index (κ2) is 9.69. The molecule has 1 atom stereocenters. The van der Waals surface area contributed by atoms with Crippen molar-refractivity contribution in [2.75, 3.05) is 6.54 Å². The Balaban J connectivity index is 1.76. The summed E-state index contributed by atoms with van der Waals surface area (Å²) in [5, 5.41) is 0.424. The van der Waals surface area contributed by atoms with Crippen LogP contribution < -0.4 is 15.0 Å². The van der Waals surface area contributed by atoms with Gasteiger partial charge in [0.25, 0.3) is 10.0 Å². The Bertz CT molecular complexity index is 1170. The van der Waals surface area contributed by atoms with Gasteiger partial charge in [-0.05, 0) is 42.0 Å². The van der Waals surface area contributed by atoms with E-state index >= 15 is 0 Å². The first-order chi connectivity index (χ1) is 14.3. The van der Waals surface area contributed by atoms with Crippen LogP contribution in [0.15, 0.2) is 94.7 Å². The maximum Gasteiger partial charge on any atom is 0.253 e. The average molecular weight is 466 g/mol. The molecule has 158 valence electrons. The minimum absolute atomic E-state index is 0.0589. The summed E-state index contributed by atoms with van der Waals surface area (Å²) in [6.07, 6.45) is 0. The van der Waals surface area contributed by atoms with Gasteiger partial charge >= 0.3 is 0 Å². The zero-order valence-electron chi connectivity index (χ0n) is 15.7. The zero-order valence-corrected chi connectivity index (χ0v) is 18.1. The van der Waals surface area contributed by atoms with Gasteiger partial charge in [0.1, 0.15) is 0 Å². The molecular formula is C20H20ClN3O4S2. The quantitative estimate of drug-likeness (QED) is 0.421. The Morgan fingerprint density at radius 2 is 1.23 bits per heavy atom. The third kappa shape index (κ3) is 5.88. The second-order valence-electron chi connectivity index (χ2n) is 6.33. The SMILES string of the molecule is O=S(=O)(NC[C@H](NNS(=O)(=O)c1ccccc1)c1ccccc1)c1ccc(Cl)cc1. The summed E-state index contributed by atoms with van der Waals surface area (Å²) < 4.78 is 52.7. The highest BCUT2D eigenvalue weighted by atomic mass is 35.5. The largest absolute Gasteiger partial charge is 0.253 e. The predicted octanol–water partition coefficient (Wildman–Crippen LogP) is 2.84. The Kier molecular flexibility index (Phi) is 7.24. The van der Waals surface area contributed by atoms with E-state index in [1.165, 1.54) is 36.4 Å². The molecule has 7 nitrogen and oxygen atoms in total. The van der Waals surface area contributed by atoms with Gasteiger partial charge in [-0.3, -0.25) is 0 Å². The van der Waals surface area contributed by atoms with Crippen molar-refractivity contribution in [1.29, 1.82) is 0 Å². The molecule has 0 aliphatic heterocycles. The molecule has 3 rings (SSSR count). The Morgan fingerprint density at radius 3 is 1.83 bits per heavy atom. The van der Waals surface area contributed by atoms with Crippen molar-refractivity contribution in [2.45, 2.75) is 15.8 Å². The summed E-state index contributed by atoms with van der Waals surface area (Å²) in [6.45, 7) is -0.0910. The second-order valence-corrected chi connectivity index (χ2v) is 10.2. The van der Waals surface area contributed by atoms with Crippen molar-refractivity contribution >= 4 is 31.6 Å². The van der Waals surface area contributed by atoms with Crippen LogP contribution in [0, 0.1) is 0 Å². The van der Waals surface area contributed by atoms with Crippen LogP contribution in [0.3, 0.4) is 0 Å². The lowest BCUT2D eigenvalue weighted by molar-refractivity contribution is 0.482. The van der Waals surface area contributed by atoms with Crippen molar-refractivity contribution in [2.24, 2.45) is 0 Å². The van der Waals surface area contributed by atoms with Gasteiger partial charge in [-0.15, -0.1) is 4.83 Å². The maximum atomic E-state index is 12.6. The highest BCUT2D eigenvalue weighted by molar-refractivity contribution is 7.89. The predicted molar refractivity (Wildman–Crippen MR) is 116 cm³/mol. The van der Waals surface area contributed by atoms with Crippen LogP contribution in [-0.4, -0.2) is 23.4 Å². The summed E-state index contributed by atoms with van der Waals surface area (Å²) in [6, 6.07) is 21.9. The lowest BCUT2D eigenvalue weighted by Gasteiger charge is -2.20. The van der Waals surface area contributed by atoms with E-state index in [-0.39, 0.29) is 16.3 Å². The fourth-order valence-corrected chi connectivity index (χ4v) is 4.74. The Hall–Kier alpha value is -2.27. The molecule has 0 aliphatic carbocycles. The van der Waals surface area contributed by atoms with Crippen molar-refractivity contribution in [3.05, 3.63) is 95.5 Å². The minimum atomic E-state index is -3.83. The lowest BCUT2D eigenvalue weighted by Crippen LogP contribution is -2.44. The molecule has 0 heterocycles. The van der Waals surface area contributed by atoms with Crippen LogP contribution in [0.1, 0.15) is 11.6 Å². The van der Waals surface area contributed by atoms with Gasteiger partial charge in [0, 0.05) is 11.6 Å². The number of halogens is 1. The van der Waals surface area contributed by atoms with E-state index in [9.17, 15) is 16.8 Å². The van der Waals surface area contributed by atoms with E-state index in [1.54, 1.807) is 42.5 Å². The van der Waals surface area contributed by atoms with Gasteiger partial charge in [-0.25, -0.2) is 27.0 Å². The molecule has 0 bridgehead atoms. The third-order valence-electron chi connectivity index (χ3n) is 4.22. The number of benzene rings is 3. The van der Waals surface area contributed by atoms with Crippen LogP contribution in [0.5, 0.6) is 0 Å². The molecule has 0 saturated heterocycles. The van der Waals surface area contributed by atoms with Crippen LogP contribution >= 0.6 is 11.6 Å². The number of nitrogens with one attached hydrogen (secondary N) is 3. The number of rotatable bonds is 9. The van der Waals surface area contributed by atoms with E-state index in [1.807, 2.05) is 6.07 Å². The lowest BCUT2D eigenvalue weighted by atomic mass is 10.1. The van der Waals surface area contributed by atoms with E-state index in [0.717, 1.165) is 0 Å². The third-order valence-corrected chi connectivity index (χ3v) is 7.20. The molecule has 10 heteroatoms. The van der Waals surface area contributed by atoms with Crippen LogP contribution in [0.25, 0.3) is 0 Å². The fraction of sp³-hybridized carbons (Fsp3) is 0.100. The zero-order chi connectivity index (χ0) is 21.6. The summed E-state index contributed by atoms with van der Waals surface area (Å²) in [5.74, 6) is 0. The van der Waals surface area contributed by atoms with Crippen LogP contribution in [0.2, 0.25) is 5.02 Å². The van der Waals surface area contributed by atoms with Gasteiger partial charge < -0.3 is 0 Å². The van der Waals surface area contributed by atoms with Gasteiger partial charge in [0.05, 0.1) is 15.8 Å². The number of sulfonamides is 2. The molecule has 0 unspecified atom stereocenters. The maximum absolute atomic E-state index is 12.6. The molecule has 0 amide bonds. The summed E-state index contributed by atoms with van der Waals surface area (Å²) in [7, 11) is -7.64. The molecular weight excluding hydrogens is 446 g/mol. The highest BCUT2D eigenvalue weighted by Crippen LogP contribution is 2.16. The summed E-state index contributed by atoms with van der Waals surface area (Å²) in [4.78, 5) is 2.48. The topological polar surface area (TPSA) is 104 Å². The summed E-state index contributed by atoms with van der Waals surface area (Å²) in [5.41, 5.74) is 3.42. The standard InChI is InChI=1S/C20H20ClN3O4S2/c21-17-11-13-19(14-12-17)29(25,26)22-15-20(16-7-3-1-4-8-16)23-24-30(27,28)18-9-5-2-6-10-18/h1-14,20,22-24H,15H2/t20-/m0/s1. The number of hydrogen-bond donors (Lipinski definition) is 3. The van der Waals surface area contributed by atoms with Gasteiger partial charge in [-0.1, -0.05) is 60.1 Å². The monoisotopic (exact) mass is 465 g/mol. The van der Waals surface area contributed by atoms with Gasteiger partial charge in [0.15, 0.2) is 0 Å². The van der Waals surface area contributed by atoms with E-state index in [2.05, 4.69) is 15.0 Å². The average Bonchev–Trinajstić information content (AvgIpc) is 2.75. The minimum Gasteiger partial charge on any atom is -0.235 e. The van der Waals surface area contributed by atoms with Crippen molar-refractivity contribution < 1.29 is 16.8 Å². The van der Waals surface area contributed by atoms with E-state index in [4.69, 9.17) is 11.6 Å². The van der Waals surface area contributed by atoms with Gasteiger partial charge in [-0.2, -0.15) is 0 Å². The number of hydrazine groups is 1. The normalized spacial score (nSPS) is 13.1. The smallest absolute Gasteiger partial charge is 0.235 e. The molecule has 0 fully saturated rings. The van der Waals surface area contributed by atoms with Crippen LogP contribution in [0.4, 0.5) is 0 Å². The first-order valence-corrected chi connectivity index (χ1v) is 12.2. The van der Waals surface area contributed by atoms with E-state index in [0.29, 0.717) is 10.6 Å². The molecule has 0 spiro atoms. The van der Waals surface area contributed by atoms with Crippen molar-refractivity contribution in [3.8, 4) is 0 Å². The summed E-state index contributed by atoms with van der Waals surface area (Å²) >= 11 is 5.81. The fourth-order valence-electron chi connectivity index (χ4n) is 2.63. The van der Waals surface area contributed by atoms with Gasteiger partial charge in [0.2, 0.25) is 10.0 Å². The first-order valence-electron chi connectivity index (χ1n) is 8.90. The van der Waals surface area contributed by atoms with Crippen molar-refractivity contribution in [1.82, 2.24) is 15.0 Å². The van der Waals surface area contributed by atoms with E-state index < -0.39 is 26.1 Å². The molecule has 3 aromatic rings. The molecule has 3 aromatic carbocycles. The molecule has 3 N–H and O–H groups in total. The Labute approximate surface area is 181 Å². The molecule has 0 radical (unpaired) electrons. The van der Waals surface area contributed by atoms with Crippen molar-refractivity contribution in [3.63, 3.8) is 0 Å². The molecule has 0 aliphatic rings. The number of hydrogen-bond acceptors (Lipinski definition) is 5. The highest BCUT2D eigenvalue weighted by Gasteiger charge is 2.20.